The Labute approximate surface area is 60.3 Å². The van der Waals surface area contributed by atoms with E-state index in [1.54, 1.807) is 6.21 Å². The molecular formula is C5H11N3S. The molecular weight excluding hydrogens is 134 g/mol. The van der Waals surface area contributed by atoms with Crippen molar-refractivity contribution in [1.82, 2.24) is 5.43 Å². The molecule has 0 rings (SSSR count). The summed E-state index contributed by atoms with van der Waals surface area (Å²) in [6.45, 7) is 2.08. The highest BCUT2D eigenvalue weighted by atomic mass is 32.1. The number of nitrogens with one attached hydrogen (secondary N) is 1. The van der Waals surface area contributed by atoms with Crippen molar-refractivity contribution in [2.45, 2.75) is 19.8 Å². The lowest BCUT2D eigenvalue weighted by Gasteiger charge is -1.91. The molecule has 0 aromatic heterocycles. The van der Waals surface area contributed by atoms with Gasteiger partial charge >= 0.3 is 0 Å². The SMILES string of the molecule is CCCC=NNC(N)=S. The molecule has 0 amide bonds. The molecule has 0 heterocycles. The lowest BCUT2D eigenvalue weighted by molar-refractivity contribution is 0.971. The van der Waals surface area contributed by atoms with Crippen LogP contribution in [-0.2, 0) is 0 Å². The van der Waals surface area contributed by atoms with E-state index in [9.17, 15) is 0 Å². The topological polar surface area (TPSA) is 50.4 Å². The molecule has 3 nitrogen and oxygen atoms in total. The summed E-state index contributed by atoms with van der Waals surface area (Å²) in [4.78, 5) is 0. The molecule has 0 aliphatic heterocycles. The molecule has 3 N–H and O–H groups in total. The second kappa shape index (κ2) is 5.50. The molecule has 0 saturated heterocycles. The first-order valence-electron chi connectivity index (χ1n) is 2.84. The quantitative estimate of drug-likeness (QED) is 0.347. The number of nitrogens with two attached hydrogens (primary N) is 1. The first-order chi connectivity index (χ1) is 4.27. The van der Waals surface area contributed by atoms with Gasteiger partial charge in [-0.3, -0.25) is 5.43 Å². The summed E-state index contributed by atoms with van der Waals surface area (Å²) in [6.07, 6.45) is 3.79. The molecule has 0 atom stereocenters. The van der Waals surface area contributed by atoms with Crippen LogP contribution in [0.5, 0.6) is 0 Å². The van der Waals surface area contributed by atoms with Crippen LogP contribution >= 0.6 is 12.2 Å². The molecule has 0 unspecified atom stereocenters. The van der Waals surface area contributed by atoms with Crippen molar-refractivity contribution in [3.63, 3.8) is 0 Å². The molecule has 0 spiro atoms. The molecule has 0 bridgehead atoms. The highest BCUT2D eigenvalue weighted by molar-refractivity contribution is 7.80. The number of unbranched alkanes of at least 4 members (excludes halogenated alkanes) is 1. The average molecular weight is 145 g/mol. The normalized spacial score (nSPS) is 9.89. The fourth-order valence-electron chi connectivity index (χ4n) is 0.303. The summed E-state index contributed by atoms with van der Waals surface area (Å²) in [5, 5.41) is 3.93. The minimum Gasteiger partial charge on any atom is -0.375 e. The second-order valence-corrected chi connectivity index (χ2v) is 2.02. The van der Waals surface area contributed by atoms with Crippen molar-refractivity contribution in [1.29, 1.82) is 0 Å². The summed E-state index contributed by atoms with van der Waals surface area (Å²) in [5.41, 5.74) is 7.54. The van der Waals surface area contributed by atoms with Gasteiger partial charge in [0.15, 0.2) is 5.11 Å². The van der Waals surface area contributed by atoms with E-state index in [4.69, 9.17) is 5.73 Å². The number of thiocarbonyl (C=S) groups is 1. The minimum absolute atomic E-state index is 0.211. The molecule has 0 aliphatic carbocycles. The molecule has 0 radical (unpaired) electrons. The number of hydrazone groups is 1. The average Bonchev–Trinajstić information content (AvgIpc) is 1.80. The van der Waals surface area contributed by atoms with Crippen LogP contribution in [-0.4, -0.2) is 11.3 Å². The molecule has 0 fully saturated rings. The van der Waals surface area contributed by atoms with Crippen LogP contribution < -0.4 is 11.2 Å². The van der Waals surface area contributed by atoms with Crippen LogP contribution in [0.4, 0.5) is 0 Å². The van der Waals surface area contributed by atoms with Crippen molar-refractivity contribution in [3.8, 4) is 0 Å². The monoisotopic (exact) mass is 145 g/mol. The maximum atomic E-state index is 5.08. The van der Waals surface area contributed by atoms with Crippen LogP contribution in [0.25, 0.3) is 0 Å². The molecule has 9 heavy (non-hydrogen) atoms. The summed E-state index contributed by atoms with van der Waals surface area (Å²) >= 11 is 4.50. The molecule has 0 saturated carbocycles. The Morgan fingerprint density at radius 1 is 1.89 bits per heavy atom. The Kier molecular flexibility index (Phi) is 5.11. The number of rotatable bonds is 3. The number of hydrogen-bond donors (Lipinski definition) is 2. The van der Waals surface area contributed by atoms with Crippen LogP contribution in [0.2, 0.25) is 0 Å². The lowest BCUT2D eigenvalue weighted by atomic mass is 10.4. The lowest BCUT2D eigenvalue weighted by Crippen LogP contribution is -2.23. The third-order valence-corrected chi connectivity index (χ3v) is 0.775. The van der Waals surface area contributed by atoms with Crippen LogP contribution in [0, 0.1) is 0 Å². The van der Waals surface area contributed by atoms with Gasteiger partial charge in [0.1, 0.15) is 0 Å². The van der Waals surface area contributed by atoms with E-state index in [0.717, 1.165) is 12.8 Å². The van der Waals surface area contributed by atoms with Gasteiger partial charge in [0.25, 0.3) is 0 Å². The Morgan fingerprint density at radius 2 is 2.56 bits per heavy atom. The summed E-state index contributed by atoms with van der Waals surface area (Å²) in [7, 11) is 0. The van der Waals surface area contributed by atoms with Gasteiger partial charge in [-0.05, 0) is 18.6 Å². The van der Waals surface area contributed by atoms with E-state index in [2.05, 4.69) is 29.7 Å². The van der Waals surface area contributed by atoms with Crippen molar-refractivity contribution in [3.05, 3.63) is 0 Å². The largest absolute Gasteiger partial charge is 0.375 e. The second-order valence-electron chi connectivity index (χ2n) is 1.58. The predicted octanol–water partition coefficient (Wildman–Crippen LogP) is 0.606. The van der Waals surface area contributed by atoms with Gasteiger partial charge in [-0.2, -0.15) is 5.10 Å². The zero-order chi connectivity index (χ0) is 7.11. The standard InChI is InChI=1S/C5H11N3S/c1-2-3-4-7-8-5(6)9/h4H,2-3H2,1H3,(H3,6,8,9). The van der Waals surface area contributed by atoms with E-state index >= 15 is 0 Å². The van der Waals surface area contributed by atoms with Crippen molar-refractivity contribution < 1.29 is 0 Å². The van der Waals surface area contributed by atoms with Gasteiger partial charge in [0, 0.05) is 6.21 Å². The van der Waals surface area contributed by atoms with Gasteiger partial charge in [-0.15, -0.1) is 0 Å². The Bertz CT molecular complexity index is 111. The maximum Gasteiger partial charge on any atom is 0.184 e. The Hall–Kier alpha value is -0.640. The smallest absolute Gasteiger partial charge is 0.184 e. The maximum absolute atomic E-state index is 5.08. The van der Waals surface area contributed by atoms with E-state index in [-0.39, 0.29) is 5.11 Å². The Balaban J connectivity index is 3.14. The third kappa shape index (κ3) is 7.36. The number of nitrogens with zero attached hydrogens (tertiary/aromatic N) is 1. The van der Waals surface area contributed by atoms with Gasteiger partial charge < -0.3 is 5.73 Å². The molecule has 0 aromatic rings. The third-order valence-electron chi connectivity index (χ3n) is 0.684. The van der Waals surface area contributed by atoms with Crippen molar-refractivity contribution in [2.75, 3.05) is 0 Å². The van der Waals surface area contributed by atoms with Gasteiger partial charge in [-0.25, -0.2) is 0 Å². The van der Waals surface area contributed by atoms with E-state index in [0.29, 0.717) is 0 Å². The molecule has 52 valence electrons. The van der Waals surface area contributed by atoms with E-state index < -0.39 is 0 Å². The van der Waals surface area contributed by atoms with Gasteiger partial charge in [0.2, 0.25) is 0 Å². The first-order valence-corrected chi connectivity index (χ1v) is 3.25. The van der Waals surface area contributed by atoms with Gasteiger partial charge in [0.05, 0.1) is 0 Å². The molecule has 4 heteroatoms. The Morgan fingerprint density at radius 3 is 3.00 bits per heavy atom. The predicted molar refractivity (Wildman–Crippen MR) is 43.3 cm³/mol. The first kappa shape index (κ1) is 8.36. The van der Waals surface area contributed by atoms with Gasteiger partial charge in [-0.1, -0.05) is 13.3 Å². The fraction of sp³-hybridized carbons (Fsp3) is 0.600. The number of hydrogen-bond acceptors (Lipinski definition) is 2. The van der Waals surface area contributed by atoms with Crippen molar-refractivity contribution >= 4 is 23.5 Å². The van der Waals surface area contributed by atoms with Crippen LogP contribution in [0.15, 0.2) is 5.10 Å². The molecule has 0 aliphatic rings. The summed E-state index contributed by atoms with van der Waals surface area (Å²) < 4.78 is 0. The highest BCUT2D eigenvalue weighted by Crippen LogP contribution is 1.78. The van der Waals surface area contributed by atoms with Crippen LogP contribution in [0.1, 0.15) is 19.8 Å². The summed E-state index contributed by atoms with van der Waals surface area (Å²) in [6, 6.07) is 0. The van der Waals surface area contributed by atoms with E-state index in [1.807, 2.05) is 0 Å². The fourth-order valence-corrected chi connectivity index (χ4v) is 0.356. The van der Waals surface area contributed by atoms with Crippen LogP contribution in [0.3, 0.4) is 0 Å². The highest BCUT2D eigenvalue weighted by Gasteiger charge is 1.76. The zero-order valence-corrected chi connectivity index (χ0v) is 6.24. The minimum atomic E-state index is 0.211. The van der Waals surface area contributed by atoms with Crippen molar-refractivity contribution in [2.24, 2.45) is 10.8 Å². The van der Waals surface area contributed by atoms with E-state index in [1.165, 1.54) is 0 Å². The zero-order valence-electron chi connectivity index (χ0n) is 5.42. The molecule has 0 aromatic carbocycles. The summed E-state index contributed by atoms with van der Waals surface area (Å²) in [5.74, 6) is 0.